The van der Waals surface area contributed by atoms with Gasteiger partial charge in [0, 0.05) is 17.0 Å². The summed E-state index contributed by atoms with van der Waals surface area (Å²) >= 11 is 5.78. The normalized spacial score (nSPS) is 10.2. The highest BCUT2D eigenvalue weighted by Gasteiger charge is 2.05. The summed E-state index contributed by atoms with van der Waals surface area (Å²) in [5.74, 6) is 0.158. The van der Waals surface area contributed by atoms with Gasteiger partial charge in [-0.1, -0.05) is 41.9 Å². The first-order valence-electron chi connectivity index (χ1n) is 5.58. The van der Waals surface area contributed by atoms with Crippen molar-refractivity contribution in [1.82, 2.24) is 0 Å². The molecule has 0 bridgehead atoms. The molecule has 0 saturated heterocycles. The Morgan fingerprint density at radius 1 is 0.941 bits per heavy atom. The predicted molar refractivity (Wildman–Crippen MR) is 70.5 cm³/mol. The van der Waals surface area contributed by atoms with Gasteiger partial charge in [0.1, 0.15) is 0 Å². The number of aryl methyl sites for hydroxylation is 1. The number of carbonyl (C=O) groups excluding carboxylic acids is 1. The molecule has 0 atom stereocenters. The minimum absolute atomic E-state index is 0.158. The zero-order valence-corrected chi connectivity index (χ0v) is 10.2. The molecule has 0 N–H and O–H groups in total. The molecule has 2 aromatic carbocycles. The maximum atomic E-state index is 11.9. The zero-order valence-electron chi connectivity index (χ0n) is 9.40. The molecule has 0 saturated carbocycles. The molecular weight excluding hydrogens is 232 g/mol. The number of halogens is 1. The van der Waals surface area contributed by atoms with Gasteiger partial charge in [-0.05, 0) is 36.2 Å². The molecule has 1 nitrogen and oxygen atoms in total. The molecule has 17 heavy (non-hydrogen) atoms. The quantitative estimate of drug-likeness (QED) is 0.739. The smallest absolute Gasteiger partial charge is 0.163 e. The van der Waals surface area contributed by atoms with Crippen LogP contribution < -0.4 is 0 Å². The fourth-order valence-electron chi connectivity index (χ4n) is 1.68. The van der Waals surface area contributed by atoms with Crippen molar-refractivity contribution in [3.05, 3.63) is 70.7 Å². The Labute approximate surface area is 106 Å². The van der Waals surface area contributed by atoms with E-state index in [-0.39, 0.29) is 5.78 Å². The van der Waals surface area contributed by atoms with Crippen LogP contribution in [0.25, 0.3) is 0 Å². The lowest BCUT2D eigenvalue weighted by Crippen LogP contribution is -2.00. The van der Waals surface area contributed by atoms with Crippen LogP contribution in [0.4, 0.5) is 0 Å². The van der Waals surface area contributed by atoms with Crippen LogP contribution >= 0.6 is 11.6 Å². The van der Waals surface area contributed by atoms with Crippen LogP contribution in [0.15, 0.2) is 54.6 Å². The maximum Gasteiger partial charge on any atom is 0.163 e. The number of hydrogen-bond acceptors (Lipinski definition) is 1. The van der Waals surface area contributed by atoms with Crippen LogP contribution in [0, 0.1) is 0 Å². The maximum absolute atomic E-state index is 11.9. The van der Waals surface area contributed by atoms with Crippen LogP contribution in [0.3, 0.4) is 0 Å². The predicted octanol–water partition coefficient (Wildman–Crippen LogP) is 4.16. The molecule has 0 spiro atoms. The van der Waals surface area contributed by atoms with Crippen molar-refractivity contribution in [3.63, 3.8) is 0 Å². The molecule has 0 aliphatic carbocycles. The number of ketones is 1. The van der Waals surface area contributed by atoms with Crippen molar-refractivity contribution in [1.29, 1.82) is 0 Å². The second kappa shape index (κ2) is 5.65. The summed E-state index contributed by atoms with van der Waals surface area (Å²) in [6.07, 6.45) is 1.31. The Hall–Kier alpha value is -1.60. The van der Waals surface area contributed by atoms with Crippen LogP contribution in [-0.2, 0) is 6.42 Å². The summed E-state index contributed by atoms with van der Waals surface area (Å²) in [6, 6.07) is 17.1. The summed E-state index contributed by atoms with van der Waals surface area (Å²) in [5, 5.41) is 0.657. The molecule has 2 rings (SSSR count). The zero-order chi connectivity index (χ0) is 12.1. The number of rotatable bonds is 4. The van der Waals surface area contributed by atoms with E-state index in [4.69, 9.17) is 11.6 Å². The van der Waals surface area contributed by atoms with Gasteiger partial charge in [0.15, 0.2) is 5.78 Å². The van der Waals surface area contributed by atoms with Crippen molar-refractivity contribution in [2.24, 2.45) is 0 Å². The third-order valence-corrected chi connectivity index (χ3v) is 2.90. The minimum Gasteiger partial charge on any atom is -0.294 e. The van der Waals surface area contributed by atoms with E-state index in [1.807, 2.05) is 30.3 Å². The Balaban J connectivity index is 1.96. The van der Waals surface area contributed by atoms with Crippen molar-refractivity contribution in [3.8, 4) is 0 Å². The molecule has 0 fully saturated rings. The highest BCUT2D eigenvalue weighted by atomic mass is 35.5. The fraction of sp³-hybridized carbons (Fsp3) is 0.133. The standard InChI is InChI=1S/C15H13ClO/c16-14-9-7-13(8-10-14)15(17)11-6-12-4-2-1-3-5-12/h1-5,7-10H,6,11H2. The van der Waals surface area contributed by atoms with E-state index in [9.17, 15) is 4.79 Å². The highest BCUT2D eigenvalue weighted by Crippen LogP contribution is 2.12. The first-order chi connectivity index (χ1) is 8.25. The van der Waals surface area contributed by atoms with Gasteiger partial charge in [0.05, 0.1) is 0 Å². The lowest BCUT2D eigenvalue weighted by Gasteiger charge is -2.01. The van der Waals surface area contributed by atoms with Crippen molar-refractivity contribution >= 4 is 17.4 Å². The third kappa shape index (κ3) is 3.43. The monoisotopic (exact) mass is 244 g/mol. The second-order valence-electron chi connectivity index (χ2n) is 3.92. The first kappa shape index (κ1) is 11.9. The van der Waals surface area contributed by atoms with E-state index in [0.29, 0.717) is 11.4 Å². The number of hydrogen-bond donors (Lipinski definition) is 0. The highest BCUT2D eigenvalue weighted by molar-refractivity contribution is 6.30. The lowest BCUT2D eigenvalue weighted by atomic mass is 10.0. The summed E-state index contributed by atoms with van der Waals surface area (Å²) < 4.78 is 0. The Morgan fingerprint density at radius 3 is 2.24 bits per heavy atom. The van der Waals surface area contributed by atoms with Gasteiger partial charge in [0.2, 0.25) is 0 Å². The molecule has 0 heterocycles. The molecule has 0 radical (unpaired) electrons. The van der Waals surface area contributed by atoms with Gasteiger partial charge in [-0.3, -0.25) is 4.79 Å². The van der Waals surface area contributed by atoms with Gasteiger partial charge < -0.3 is 0 Å². The minimum atomic E-state index is 0.158. The molecule has 0 aliphatic rings. The first-order valence-corrected chi connectivity index (χ1v) is 5.96. The fourth-order valence-corrected chi connectivity index (χ4v) is 1.81. The Bertz CT molecular complexity index is 488. The molecule has 86 valence electrons. The van der Waals surface area contributed by atoms with Gasteiger partial charge in [-0.25, -0.2) is 0 Å². The van der Waals surface area contributed by atoms with Crippen LogP contribution in [0.5, 0.6) is 0 Å². The molecule has 0 aromatic heterocycles. The number of benzene rings is 2. The van der Waals surface area contributed by atoms with Crippen molar-refractivity contribution < 1.29 is 4.79 Å². The van der Waals surface area contributed by atoms with E-state index in [0.717, 1.165) is 12.0 Å². The van der Waals surface area contributed by atoms with Gasteiger partial charge >= 0.3 is 0 Å². The van der Waals surface area contributed by atoms with Gasteiger partial charge in [-0.15, -0.1) is 0 Å². The third-order valence-electron chi connectivity index (χ3n) is 2.65. The van der Waals surface area contributed by atoms with E-state index < -0.39 is 0 Å². The van der Waals surface area contributed by atoms with Gasteiger partial charge in [-0.2, -0.15) is 0 Å². The molecule has 2 heteroatoms. The molecular formula is C15H13ClO. The summed E-state index contributed by atoms with van der Waals surface area (Å²) in [7, 11) is 0. The van der Waals surface area contributed by atoms with E-state index in [1.54, 1.807) is 24.3 Å². The number of Topliss-reactive ketones (excluding diaryl/α,β-unsaturated/α-hetero) is 1. The topological polar surface area (TPSA) is 17.1 Å². The molecule has 0 amide bonds. The van der Waals surface area contributed by atoms with Gasteiger partial charge in [0.25, 0.3) is 0 Å². The summed E-state index contributed by atoms with van der Waals surface area (Å²) in [5.41, 5.74) is 1.92. The molecule has 0 unspecified atom stereocenters. The van der Waals surface area contributed by atoms with Crippen molar-refractivity contribution in [2.75, 3.05) is 0 Å². The second-order valence-corrected chi connectivity index (χ2v) is 4.35. The Kier molecular flexibility index (Phi) is 3.94. The van der Waals surface area contributed by atoms with E-state index in [1.165, 1.54) is 5.56 Å². The summed E-state index contributed by atoms with van der Waals surface area (Å²) in [4.78, 5) is 11.9. The van der Waals surface area contributed by atoms with Crippen LogP contribution in [0.1, 0.15) is 22.3 Å². The van der Waals surface area contributed by atoms with E-state index >= 15 is 0 Å². The van der Waals surface area contributed by atoms with Crippen LogP contribution in [-0.4, -0.2) is 5.78 Å². The lowest BCUT2D eigenvalue weighted by molar-refractivity contribution is 0.0983. The molecule has 2 aromatic rings. The Morgan fingerprint density at radius 2 is 1.59 bits per heavy atom. The molecule has 0 aliphatic heterocycles. The average molecular weight is 245 g/mol. The number of carbonyl (C=O) groups is 1. The van der Waals surface area contributed by atoms with Crippen molar-refractivity contribution in [2.45, 2.75) is 12.8 Å². The van der Waals surface area contributed by atoms with Crippen LogP contribution in [0.2, 0.25) is 5.02 Å². The average Bonchev–Trinajstić information content (AvgIpc) is 2.38. The SMILES string of the molecule is O=C(CCc1ccccc1)c1ccc(Cl)cc1. The van der Waals surface area contributed by atoms with E-state index in [2.05, 4.69) is 0 Å². The summed E-state index contributed by atoms with van der Waals surface area (Å²) in [6.45, 7) is 0. The largest absolute Gasteiger partial charge is 0.294 e.